The maximum absolute atomic E-state index is 11.3. The molecule has 0 bridgehead atoms. The van der Waals surface area contributed by atoms with Gasteiger partial charge in [-0.3, -0.25) is 0 Å². The molecule has 0 saturated carbocycles. The van der Waals surface area contributed by atoms with Crippen LogP contribution in [0.25, 0.3) is 11.0 Å². The molecule has 2 aromatic rings. The predicted molar refractivity (Wildman–Crippen MR) is 60.9 cm³/mol. The van der Waals surface area contributed by atoms with Gasteiger partial charge in [-0.25, -0.2) is 4.79 Å². The van der Waals surface area contributed by atoms with Crippen molar-refractivity contribution in [3.8, 4) is 5.75 Å². The van der Waals surface area contributed by atoms with Crippen molar-refractivity contribution >= 4 is 11.0 Å². The Morgan fingerprint density at radius 3 is 2.75 bits per heavy atom. The summed E-state index contributed by atoms with van der Waals surface area (Å²) >= 11 is 0. The van der Waals surface area contributed by atoms with Crippen molar-refractivity contribution in [2.75, 3.05) is 7.11 Å². The number of para-hydroxylation sites is 1. The highest BCUT2D eigenvalue weighted by molar-refractivity contribution is 5.84. The second-order valence-electron chi connectivity index (χ2n) is 3.86. The molecule has 0 radical (unpaired) electrons. The Bertz CT molecular complexity index is 572. The van der Waals surface area contributed by atoms with E-state index in [0.29, 0.717) is 11.3 Å². The Kier molecular flexibility index (Phi) is 2.64. The molecule has 0 aliphatic rings. The lowest BCUT2D eigenvalue weighted by Gasteiger charge is -2.08. The van der Waals surface area contributed by atoms with E-state index in [9.17, 15) is 4.79 Å². The number of nitrogens with zero attached hydrogens (tertiary/aromatic N) is 1. The van der Waals surface area contributed by atoms with Crippen molar-refractivity contribution in [1.29, 1.82) is 0 Å². The molecule has 0 aliphatic heterocycles. The van der Waals surface area contributed by atoms with Gasteiger partial charge in [-0.15, -0.1) is 0 Å². The fraction of sp³-hybridized carbons (Fsp3) is 0.333. The molecule has 1 aromatic carbocycles. The smallest absolute Gasteiger partial charge is 0.439 e. The lowest BCUT2D eigenvalue weighted by Crippen LogP contribution is -2.09. The molecule has 0 spiro atoms. The van der Waals surface area contributed by atoms with Crippen LogP contribution in [-0.4, -0.2) is 12.1 Å². The van der Waals surface area contributed by atoms with E-state index < -0.39 is 5.76 Å². The zero-order valence-electron chi connectivity index (χ0n) is 9.48. The van der Waals surface area contributed by atoms with Crippen LogP contribution in [0, 0.1) is 0 Å². The highest BCUT2D eigenvalue weighted by Crippen LogP contribution is 2.28. The van der Waals surface area contributed by atoms with Crippen LogP contribution in [0.3, 0.4) is 0 Å². The van der Waals surface area contributed by atoms with Gasteiger partial charge in [0.2, 0.25) is 0 Å². The molecule has 0 N–H and O–H groups in total. The molecule has 0 atom stereocenters. The van der Waals surface area contributed by atoms with Crippen LogP contribution >= 0.6 is 0 Å². The third-order valence-corrected chi connectivity index (χ3v) is 2.42. The Balaban J connectivity index is 2.88. The number of fused-ring (bicyclic) bond motifs is 1. The number of rotatable bonds is 2. The topological polar surface area (TPSA) is 52.3 Å². The minimum atomic E-state index is -0.583. The van der Waals surface area contributed by atoms with Gasteiger partial charge < -0.3 is 9.15 Å². The summed E-state index contributed by atoms with van der Waals surface area (Å²) < 4.78 is 10.2. The van der Waals surface area contributed by atoms with Crippen LogP contribution in [-0.2, 0) is 0 Å². The minimum absolute atomic E-state index is 0.165. The monoisotopic (exact) mass is 219 g/mol. The second kappa shape index (κ2) is 3.96. The molecular formula is C12H13NO3. The van der Waals surface area contributed by atoms with E-state index in [0.717, 1.165) is 11.1 Å². The maximum atomic E-state index is 11.3. The summed E-state index contributed by atoms with van der Waals surface area (Å²) in [6.45, 7) is 3.97. The molecule has 0 aliphatic carbocycles. The molecule has 0 fully saturated rings. The first-order valence-electron chi connectivity index (χ1n) is 5.11. The predicted octanol–water partition coefficient (Wildman–Crippen LogP) is 2.32. The highest BCUT2D eigenvalue weighted by Gasteiger charge is 2.13. The molecule has 4 nitrogen and oxygen atoms in total. The maximum Gasteiger partial charge on any atom is 0.439 e. The van der Waals surface area contributed by atoms with Gasteiger partial charge in [0.25, 0.3) is 0 Å². The quantitative estimate of drug-likeness (QED) is 0.777. The first-order valence-corrected chi connectivity index (χ1v) is 5.11. The summed E-state index contributed by atoms with van der Waals surface area (Å²) in [6.07, 6.45) is 0. The molecule has 0 amide bonds. The van der Waals surface area contributed by atoms with E-state index in [1.165, 1.54) is 0 Å². The molecule has 2 rings (SSSR count). The summed E-state index contributed by atoms with van der Waals surface area (Å²) in [4.78, 5) is 15.2. The zero-order valence-corrected chi connectivity index (χ0v) is 9.48. The van der Waals surface area contributed by atoms with E-state index >= 15 is 0 Å². The molecular weight excluding hydrogens is 206 g/mol. The lowest BCUT2D eigenvalue weighted by molar-refractivity contribution is 0.404. The fourth-order valence-corrected chi connectivity index (χ4v) is 1.69. The molecule has 0 saturated heterocycles. The Labute approximate surface area is 92.9 Å². The number of ether oxygens (including phenoxy) is 1. The number of hydrogen-bond donors (Lipinski definition) is 0. The molecule has 0 unspecified atom stereocenters. The van der Waals surface area contributed by atoms with Gasteiger partial charge in [-0.1, -0.05) is 19.9 Å². The Hall–Kier alpha value is -1.84. The number of hydrogen-bond acceptors (Lipinski definition) is 4. The van der Waals surface area contributed by atoms with Crippen LogP contribution in [0.1, 0.15) is 25.5 Å². The summed E-state index contributed by atoms with van der Waals surface area (Å²) in [6, 6.07) is 5.49. The third kappa shape index (κ3) is 1.66. The Morgan fingerprint density at radius 1 is 1.38 bits per heavy atom. The van der Waals surface area contributed by atoms with Gasteiger partial charge in [0.15, 0.2) is 11.3 Å². The molecule has 1 heterocycles. The SMILES string of the molecule is COc1cccc2c(C(C)C)nc(=O)oc12. The largest absolute Gasteiger partial charge is 0.493 e. The van der Waals surface area contributed by atoms with E-state index in [2.05, 4.69) is 4.98 Å². The van der Waals surface area contributed by atoms with E-state index in [-0.39, 0.29) is 5.92 Å². The third-order valence-electron chi connectivity index (χ3n) is 2.42. The van der Waals surface area contributed by atoms with Crippen LogP contribution < -0.4 is 10.5 Å². The molecule has 4 heteroatoms. The number of aromatic nitrogens is 1. The summed E-state index contributed by atoms with van der Waals surface area (Å²) in [5, 5.41) is 0.828. The van der Waals surface area contributed by atoms with Crippen LogP contribution in [0.4, 0.5) is 0 Å². The van der Waals surface area contributed by atoms with Gasteiger partial charge in [-0.05, 0) is 18.1 Å². The standard InChI is InChI=1S/C12H13NO3/c1-7(2)10-8-5-4-6-9(15-3)11(8)16-12(14)13-10/h4-7H,1-3H3. The molecule has 84 valence electrons. The average molecular weight is 219 g/mol. The summed E-state index contributed by atoms with van der Waals surface area (Å²) in [5.41, 5.74) is 1.21. The number of methoxy groups -OCH3 is 1. The van der Waals surface area contributed by atoms with Crippen LogP contribution in [0.2, 0.25) is 0 Å². The van der Waals surface area contributed by atoms with Gasteiger partial charge >= 0.3 is 5.76 Å². The zero-order chi connectivity index (χ0) is 11.7. The van der Waals surface area contributed by atoms with Crippen LogP contribution in [0.5, 0.6) is 5.75 Å². The van der Waals surface area contributed by atoms with Gasteiger partial charge in [0.1, 0.15) is 0 Å². The van der Waals surface area contributed by atoms with Crippen molar-refractivity contribution in [3.05, 3.63) is 34.4 Å². The van der Waals surface area contributed by atoms with Crippen molar-refractivity contribution in [3.63, 3.8) is 0 Å². The summed E-state index contributed by atoms with van der Waals surface area (Å²) in [5.74, 6) is 0.137. The molecule has 16 heavy (non-hydrogen) atoms. The fourth-order valence-electron chi connectivity index (χ4n) is 1.69. The minimum Gasteiger partial charge on any atom is -0.493 e. The first kappa shape index (κ1) is 10.7. The van der Waals surface area contributed by atoms with Crippen molar-refractivity contribution in [2.45, 2.75) is 19.8 Å². The van der Waals surface area contributed by atoms with E-state index in [1.807, 2.05) is 26.0 Å². The lowest BCUT2D eigenvalue weighted by atomic mass is 10.1. The van der Waals surface area contributed by atoms with E-state index in [1.54, 1.807) is 13.2 Å². The van der Waals surface area contributed by atoms with Crippen molar-refractivity contribution < 1.29 is 9.15 Å². The van der Waals surface area contributed by atoms with Crippen molar-refractivity contribution in [2.24, 2.45) is 0 Å². The molecule has 1 aromatic heterocycles. The highest BCUT2D eigenvalue weighted by atomic mass is 16.5. The van der Waals surface area contributed by atoms with Gasteiger partial charge in [0.05, 0.1) is 12.8 Å². The number of benzene rings is 1. The Morgan fingerprint density at radius 2 is 2.12 bits per heavy atom. The van der Waals surface area contributed by atoms with Gasteiger partial charge in [0, 0.05) is 5.39 Å². The van der Waals surface area contributed by atoms with Gasteiger partial charge in [-0.2, -0.15) is 4.98 Å². The first-order chi connectivity index (χ1) is 7.63. The van der Waals surface area contributed by atoms with Crippen molar-refractivity contribution in [1.82, 2.24) is 4.98 Å². The van der Waals surface area contributed by atoms with E-state index in [4.69, 9.17) is 9.15 Å². The normalized spacial score (nSPS) is 11.0. The summed E-state index contributed by atoms with van der Waals surface area (Å²) in [7, 11) is 1.55. The second-order valence-corrected chi connectivity index (χ2v) is 3.86. The van der Waals surface area contributed by atoms with Crippen LogP contribution in [0.15, 0.2) is 27.4 Å². The average Bonchev–Trinajstić information content (AvgIpc) is 2.27.